The van der Waals surface area contributed by atoms with Crippen LogP contribution in [0.15, 0.2) is 42.5 Å². The Balaban J connectivity index is 0.00000242. The van der Waals surface area contributed by atoms with E-state index in [1.165, 1.54) is 0 Å². The summed E-state index contributed by atoms with van der Waals surface area (Å²) >= 11 is 0. The minimum atomic E-state index is -4.14. The summed E-state index contributed by atoms with van der Waals surface area (Å²) in [7, 11) is -4.14. The van der Waals surface area contributed by atoms with Crippen LogP contribution in [0.5, 0.6) is 5.75 Å². The molecule has 7 heteroatoms. The van der Waals surface area contributed by atoms with E-state index in [-0.39, 0.29) is 64.4 Å². The van der Waals surface area contributed by atoms with Crippen LogP contribution in [0, 0.1) is 0 Å². The maximum Gasteiger partial charge on any atom is 1.00 e. The monoisotopic (exact) mass is 348 g/mol. The first-order valence-electron chi connectivity index (χ1n) is 6.67. The summed E-state index contributed by atoms with van der Waals surface area (Å²) in [6, 6.07) is 13.8. The first kappa shape index (κ1) is 20.1. The largest absolute Gasteiger partial charge is 1.00 e. The molecule has 0 heterocycles. The zero-order chi connectivity index (χ0) is 15.1. The molecule has 0 amide bonds. The van der Waals surface area contributed by atoms with E-state index in [1.807, 2.05) is 42.5 Å². The molecule has 0 fully saturated rings. The average molecular weight is 348 g/mol. The van der Waals surface area contributed by atoms with Crippen molar-refractivity contribution in [1.82, 2.24) is 0 Å². The van der Waals surface area contributed by atoms with Gasteiger partial charge in [-0.25, -0.2) is 8.42 Å². The van der Waals surface area contributed by atoms with E-state index < -0.39 is 15.9 Å². The van der Waals surface area contributed by atoms with Gasteiger partial charge in [0.2, 0.25) is 0 Å². The van der Waals surface area contributed by atoms with Crippen molar-refractivity contribution in [2.45, 2.75) is 6.42 Å². The van der Waals surface area contributed by atoms with E-state index in [1.54, 1.807) is 0 Å². The van der Waals surface area contributed by atoms with Gasteiger partial charge in [0.15, 0.2) is 0 Å². The number of rotatable bonds is 8. The minimum absolute atomic E-state index is 0. The number of hydrogen-bond donors (Lipinski definition) is 0. The van der Waals surface area contributed by atoms with E-state index in [0.717, 1.165) is 16.5 Å². The second kappa shape index (κ2) is 9.99. The first-order chi connectivity index (χ1) is 10.0. The molecule has 0 aliphatic rings. The smallest absolute Gasteiger partial charge is 0.748 e. The van der Waals surface area contributed by atoms with Gasteiger partial charge in [0, 0.05) is 12.4 Å². The van der Waals surface area contributed by atoms with Crippen molar-refractivity contribution in [3.05, 3.63) is 42.5 Å². The summed E-state index contributed by atoms with van der Waals surface area (Å²) in [6.45, 7) is 0.969. The summed E-state index contributed by atoms with van der Waals surface area (Å²) in [6.07, 6.45) is 0.210. The molecule has 0 aliphatic heterocycles. The Morgan fingerprint density at radius 1 is 0.955 bits per heavy atom. The third kappa shape index (κ3) is 7.52. The fourth-order valence-corrected chi connectivity index (χ4v) is 2.39. The molecule has 2 aromatic carbocycles. The van der Waals surface area contributed by atoms with Crippen LogP contribution in [0.1, 0.15) is 6.42 Å². The topological polar surface area (TPSA) is 75.7 Å². The van der Waals surface area contributed by atoms with E-state index in [2.05, 4.69) is 0 Å². The van der Waals surface area contributed by atoms with Gasteiger partial charge in [-0.3, -0.25) is 0 Å². The SMILES string of the molecule is O=S(=O)([O-])CCCOCCOc1ccc2ccccc2c1.[K+]. The quantitative estimate of drug-likeness (QED) is 0.354. The molecule has 2 rings (SSSR count). The molecule has 0 spiro atoms. The van der Waals surface area contributed by atoms with E-state index >= 15 is 0 Å². The zero-order valence-corrected chi connectivity index (χ0v) is 16.5. The van der Waals surface area contributed by atoms with Crippen molar-refractivity contribution in [2.24, 2.45) is 0 Å². The van der Waals surface area contributed by atoms with Gasteiger partial charge in [-0.1, -0.05) is 30.3 Å². The third-order valence-electron chi connectivity index (χ3n) is 2.90. The number of benzene rings is 2. The molecular weight excluding hydrogens is 331 g/mol. The fraction of sp³-hybridized carbons (Fsp3) is 0.333. The van der Waals surface area contributed by atoms with Crippen LogP contribution >= 0.6 is 0 Å². The van der Waals surface area contributed by atoms with Crippen molar-refractivity contribution in [1.29, 1.82) is 0 Å². The van der Waals surface area contributed by atoms with E-state index in [4.69, 9.17) is 9.47 Å². The van der Waals surface area contributed by atoms with Crippen molar-refractivity contribution in [2.75, 3.05) is 25.6 Å². The third-order valence-corrected chi connectivity index (χ3v) is 3.69. The molecule has 0 radical (unpaired) electrons. The standard InChI is InChI=1S/C15H18O5S.K/c16-21(17,18)11-3-8-19-9-10-20-15-7-6-13-4-1-2-5-14(13)12-15;/h1-2,4-7,12H,3,8-11H2,(H,16,17,18);/q;+1/p-1. The normalized spacial score (nSPS) is 11.1. The summed E-state index contributed by atoms with van der Waals surface area (Å²) in [5, 5.41) is 2.26. The molecular formula is C15H17KO5S. The van der Waals surface area contributed by atoms with E-state index in [0.29, 0.717) is 13.2 Å². The Bertz CT molecular complexity index is 687. The van der Waals surface area contributed by atoms with Gasteiger partial charge in [-0.15, -0.1) is 0 Å². The fourth-order valence-electron chi connectivity index (χ4n) is 1.92. The number of hydrogen-bond acceptors (Lipinski definition) is 5. The molecule has 0 unspecified atom stereocenters. The number of ether oxygens (including phenoxy) is 2. The summed E-state index contributed by atoms with van der Waals surface area (Å²) < 4.78 is 41.9. The van der Waals surface area contributed by atoms with Gasteiger partial charge in [0.05, 0.1) is 16.7 Å². The molecule has 0 saturated carbocycles. The van der Waals surface area contributed by atoms with Gasteiger partial charge in [0.1, 0.15) is 12.4 Å². The van der Waals surface area contributed by atoms with Crippen molar-refractivity contribution in [3.8, 4) is 5.75 Å². The van der Waals surface area contributed by atoms with Gasteiger partial charge in [-0.05, 0) is 29.3 Å². The van der Waals surface area contributed by atoms with Gasteiger partial charge in [-0.2, -0.15) is 0 Å². The zero-order valence-electron chi connectivity index (χ0n) is 12.5. The molecule has 0 atom stereocenters. The molecule has 114 valence electrons. The summed E-state index contributed by atoms with van der Waals surface area (Å²) in [5.41, 5.74) is 0. The van der Waals surface area contributed by atoms with Crippen LogP contribution in [-0.4, -0.2) is 38.5 Å². The number of fused-ring (bicyclic) bond motifs is 1. The average Bonchev–Trinajstić information content (AvgIpc) is 2.45. The van der Waals surface area contributed by atoms with Crippen LogP contribution in [0.2, 0.25) is 0 Å². The second-order valence-corrected chi connectivity index (χ2v) is 6.11. The molecule has 22 heavy (non-hydrogen) atoms. The van der Waals surface area contributed by atoms with Gasteiger partial charge >= 0.3 is 51.4 Å². The molecule has 0 aromatic heterocycles. The second-order valence-electron chi connectivity index (χ2n) is 4.59. The predicted molar refractivity (Wildman–Crippen MR) is 79.4 cm³/mol. The Morgan fingerprint density at radius 2 is 1.68 bits per heavy atom. The summed E-state index contributed by atoms with van der Waals surface area (Å²) in [4.78, 5) is 0. The first-order valence-corrected chi connectivity index (χ1v) is 8.25. The van der Waals surface area contributed by atoms with Crippen molar-refractivity contribution < 1.29 is 73.8 Å². The molecule has 0 aliphatic carbocycles. The summed E-state index contributed by atoms with van der Waals surface area (Å²) in [5.74, 6) is 0.373. The van der Waals surface area contributed by atoms with Crippen LogP contribution in [0.3, 0.4) is 0 Å². The van der Waals surface area contributed by atoms with Crippen molar-refractivity contribution >= 4 is 20.9 Å². The van der Waals surface area contributed by atoms with Gasteiger partial charge < -0.3 is 14.0 Å². The van der Waals surface area contributed by atoms with Crippen LogP contribution in [0.25, 0.3) is 10.8 Å². The Morgan fingerprint density at radius 3 is 2.41 bits per heavy atom. The Labute approximate surface area is 173 Å². The Kier molecular flexibility index (Phi) is 9.11. The van der Waals surface area contributed by atoms with Crippen LogP contribution in [-0.2, 0) is 14.9 Å². The minimum Gasteiger partial charge on any atom is -0.748 e. The van der Waals surface area contributed by atoms with Crippen LogP contribution in [0.4, 0.5) is 0 Å². The molecule has 2 aromatic rings. The maximum atomic E-state index is 10.4. The molecule has 0 N–H and O–H groups in total. The maximum absolute atomic E-state index is 10.4. The van der Waals surface area contributed by atoms with Crippen molar-refractivity contribution in [3.63, 3.8) is 0 Å². The molecule has 0 saturated heterocycles. The van der Waals surface area contributed by atoms with Crippen LogP contribution < -0.4 is 56.1 Å². The Hall–Kier alpha value is 0.00636. The molecule has 5 nitrogen and oxygen atoms in total. The van der Waals surface area contributed by atoms with Gasteiger partial charge in [0.25, 0.3) is 0 Å². The predicted octanol–water partition coefficient (Wildman–Crippen LogP) is -0.825. The van der Waals surface area contributed by atoms with E-state index in [9.17, 15) is 13.0 Å². The molecule has 0 bridgehead atoms.